The molecule has 0 radical (unpaired) electrons. The molecule has 2 aromatic carbocycles. The highest BCUT2D eigenvalue weighted by atomic mass is 32.1. The van der Waals surface area contributed by atoms with Gasteiger partial charge in [0.15, 0.2) is 6.10 Å². The van der Waals surface area contributed by atoms with Crippen LogP contribution in [-0.4, -0.2) is 30.1 Å². The third-order valence-electron chi connectivity index (χ3n) is 5.51. The van der Waals surface area contributed by atoms with E-state index >= 15 is 0 Å². The van der Waals surface area contributed by atoms with Gasteiger partial charge in [0.25, 0.3) is 5.91 Å². The summed E-state index contributed by atoms with van der Waals surface area (Å²) in [5, 5.41) is 3.24. The van der Waals surface area contributed by atoms with Crippen LogP contribution in [0.3, 0.4) is 0 Å². The van der Waals surface area contributed by atoms with Crippen molar-refractivity contribution in [1.82, 2.24) is 4.98 Å². The smallest absolute Gasteiger partial charge is 0.267 e. The lowest BCUT2D eigenvalue weighted by atomic mass is 10.1. The van der Waals surface area contributed by atoms with Gasteiger partial charge in [0, 0.05) is 17.5 Å². The third-order valence-corrected chi connectivity index (χ3v) is 6.42. The van der Waals surface area contributed by atoms with Crippen LogP contribution in [0.2, 0.25) is 0 Å². The van der Waals surface area contributed by atoms with E-state index in [0.29, 0.717) is 13.2 Å². The zero-order valence-corrected chi connectivity index (χ0v) is 19.8. The summed E-state index contributed by atoms with van der Waals surface area (Å²) >= 11 is 1.69. The van der Waals surface area contributed by atoms with Crippen molar-refractivity contribution in [2.75, 3.05) is 18.1 Å². The Bertz CT molecular complexity index is 1080. The van der Waals surface area contributed by atoms with E-state index in [9.17, 15) is 4.79 Å². The van der Waals surface area contributed by atoms with Crippen LogP contribution in [0.25, 0.3) is 11.3 Å². The highest BCUT2D eigenvalue weighted by molar-refractivity contribution is 7.09. The molecule has 1 atom stereocenters. The van der Waals surface area contributed by atoms with Crippen LogP contribution in [-0.2, 0) is 11.2 Å². The first-order valence-electron chi connectivity index (χ1n) is 11.3. The third kappa shape index (κ3) is 5.13. The van der Waals surface area contributed by atoms with Gasteiger partial charge in [0.05, 0.1) is 23.0 Å². The Balaban J connectivity index is 1.43. The molecule has 1 amide bonds. The van der Waals surface area contributed by atoms with Crippen molar-refractivity contribution in [2.24, 2.45) is 0 Å². The first-order chi connectivity index (χ1) is 15.5. The van der Waals surface area contributed by atoms with Crippen molar-refractivity contribution in [3.8, 4) is 22.8 Å². The summed E-state index contributed by atoms with van der Waals surface area (Å²) in [6.07, 6.45) is 3.32. The van der Waals surface area contributed by atoms with E-state index in [1.165, 1.54) is 5.56 Å². The van der Waals surface area contributed by atoms with Gasteiger partial charge in [-0.05, 0) is 75.4 Å². The number of thiazole rings is 1. The van der Waals surface area contributed by atoms with E-state index in [4.69, 9.17) is 14.5 Å². The minimum absolute atomic E-state index is 0.000739. The van der Waals surface area contributed by atoms with Gasteiger partial charge >= 0.3 is 0 Å². The number of carbonyl (C=O) groups excluding carboxylic acids is 1. The second-order valence-corrected chi connectivity index (χ2v) is 9.12. The number of benzene rings is 2. The molecule has 0 fully saturated rings. The van der Waals surface area contributed by atoms with Crippen molar-refractivity contribution in [2.45, 2.75) is 52.6 Å². The zero-order chi connectivity index (χ0) is 22.5. The molecule has 0 saturated heterocycles. The van der Waals surface area contributed by atoms with E-state index in [1.807, 2.05) is 48.2 Å². The molecule has 0 N–H and O–H groups in total. The minimum atomic E-state index is -0.479. The van der Waals surface area contributed by atoms with Crippen LogP contribution in [0.15, 0.2) is 47.8 Å². The van der Waals surface area contributed by atoms with Crippen LogP contribution in [0, 0.1) is 6.92 Å². The summed E-state index contributed by atoms with van der Waals surface area (Å²) in [5.41, 5.74) is 3.99. The Morgan fingerprint density at radius 2 is 2.06 bits per heavy atom. The summed E-state index contributed by atoms with van der Waals surface area (Å²) in [4.78, 5) is 19.5. The molecule has 168 valence electrons. The number of nitrogens with zero attached hydrogens (tertiary/aromatic N) is 2. The molecule has 5 nitrogen and oxygen atoms in total. The fourth-order valence-corrected chi connectivity index (χ4v) is 4.75. The Hall–Kier alpha value is -2.86. The molecule has 0 aliphatic carbocycles. The quantitative estimate of drug-likeness (QED) is 0.373. The molecule has 2 heterocycles. The number of aromatic nitrogens is 1. The molecule has 1 aromatic heterocycles. The molecular weight excluding hydrogens is 420 g/mol. The second kappa shape index (κ2) is 10.2. The predicted molar refractivity (Wildman–Crippen MR) is 130 cm³/mol. The molecule has 4 rings (SSSR count). The molecule has 1 unspecified atom stereocenters. The van der Waals surface area contributed by atoms with E-state index < -0.39 is 6.10 Å². The van der Waals surface area contributed by atoms with E-state index in [2.05, 4.69) is 25.3 Å². The average Bonchev–Trinajstić information content (AvgIpc) is 3.25. The largest absolute Gasteiger partial charge is 0.494 e. The number of aryl methyl sites for hydroxylation is 2. The Morgan fingerprint density at radius 1 is 1.19 bits per heavy atom. The van der Waals surface area contributed by atoms with Crippen LogP contribution >= 0.6 is 11.3 Å². The molecule has 6 heteroatoms. The Morgan fingerprint density at radius 3 is 2.88 bits per heavy atom. The zero-order valence-electron chi connectivity index (χ0n) is 19.0. The SMILES string of the molecule is CCCc1nc(-c2ccc3c(c2)N(CCCCOc2cccc(C)c2)C(=O)C(C)O3)cs1. The summed E-state index contributed by atoms with van der Waals surface area (Å²) in [6, 6.07) is 14.1. The second-order valence-electron chi connectivity index (χ2n) is 8.18. The lowest BCUT2D eigenvalue weighted by molar-refractivity contribution is -0.125. The number of rotatable bonds is 9. The predicted octanol–water partition coefficient (Wildman–Crippen LogP) is 6.04. The summed E-state index contributed by atoms with van der Waals surface area (Å²) in [6.45, 7) is 7.29. The highest BCUT2D eigenvalue weighted by Crippen LogP contribution is 2.38. The van der Waals surface area contributed by atoms with Crippen molar-refractivity contribution in [1.29, 1.82) is 0 Å². The molecule has 0 saturated carbocycles. The fraction of sp³-hybridized carbons (Fsp3) is 0.385. The van der Waals surface area contributed by atoms with Gasteiger partial charge in [-0.1, -0.05) is 19.1 Å². The maximum atomic E-state index is 12.9. The van der Waals surface area contributed by atoms with Crippen molar-refractivity contribution < 1.29 is 14.3 Å². The van der Waals surface area contributed by atoms with E-state index in [-0.39, 0.29) is 5.91 Å². The standard InChI is InChI=1S/C26H30N2O3S/c1-4-8-25-27-22(17-32-25)20-11-12-24-23(16-20)28(26(29)19(3)31-24)13-5-6-14-30-21-10-7-9-18(2)15-21/h7,9-12,15-17,19H,4-6,8,13-14H2,1-3H3. The molecule has 3 aromatic rings. The summed E-state index contributed by atoms with van der Waals surface area (Å²) in [5.74, 6) is 1.64. The Kier molecular flexibility index (Phi) is 7.10. The molecular formula is C26H30N2O3S. The van der Waals surface area contributed by atoms with Gasteiger partial charge in [0.2, 0.25) is 0 Å². The first-order valence-corrected chi connectivity index (χ1v) is 12.2. The molecule has 1 aliphatic heterocycles. The maximum Gasteiger partial charge on any atom is 0.267 e. The van der Waals surface area contributed by atoms with E-state index in [0.717, 1.165) is 59.1 Å². The topological polar surface area (TPSA) is 51.7 Å². The van der Waals surface area contributed by atoms with Gasteiger partial charge in [-0.15, -0.1) is 11.3 Å². The van der Waals surface area contributed by atoms with Crippen LogP contribution in [0.4, 0.5) is 5.69 Å². The minimum Gasteiger partial charge on any atom is -0.494 e. The van der Waals surface area contributed by atoms with Crippen LogP contribution in [0.1, 0.15) is 43.7 Å². The molecule has 32 heavy (non-hydrogen) atoms. The van der Waals surface area contributed by atoms with E-state index in [1.54, 1.807) is 11.3 Å². The summed E-state index contributed by atoms with van der Waals surface area (Å²) in [7, 11) is 0. The van der Waals surface area contributed by atoms with Gasteiger partial charge in [0.1, 0.15) is 11.5 Å². The van der Waals surface area contributed by atoms with Crippen LogP contribution in [0.5, 0.6) is 11.5 Å². The van der Waals surface area contributed by atoms with Gasteiger partial charge in [-0.3, -0.25) is 4.79 Å². The monoisotopic (exact) mass is 450 g/mol. The lowest BCUT2D eigenvalue weighted by Crippen LogP contribution is -2.45. The number of hydrogen-bond acceptors (Lipinski definition) is 5. The lowest BCUT2D eigenvalue weighted by Gasteiger charge is -2.33. The normalized spacial score (nSPS) is 15.4. The van der Waals surface area contributed by atoms with Crippen molar-refractivity contribution in [3.63, 3.8) is 0 Å². The summed E-state index contributed by atoms with van der Waals surface area (Å²) < 4.78 is 11.7. The van der Waals surface area contributed by atoms with Gasteiger partial charge in [-0.25, -0.2) is 4.98 Å². The number of amides is 1. The fourth-order valence-electron chi connectivity index (χ4n) is 3.84. The number of carbonyl (C=O) groups is 1. The average molecular weight is 451 g/mol. The molecule has 0 bridgehead atoms. The number of fused-ring (bicyclic) bond motifs is 1. The Labute approximate surface area is 194 Å². The first kappa shape index (κ1) is 22.3. The molecule has 1 aliphatic rings. The van der Waals surface area contributed by atoms with Crippen molar-refractivity contribution in [3.05, 3.63) is 58.4 Å². The number of ether oxygens (including phenoxy) is 2. The van der Waals surface area contributed by atoms with Crippen LogP contribution < -0.4 is 14.4 Å². The van der Waals surface area contributed by atoms with Gasteiger partial charge in [-0.2, -0.15) is 0 Å². The molecule has 0 spiro atoms. The number of anilines is 1. The maximum absolute atomic E-state index is 12.9. The van der Waals surface area contributed by atoms with Crippen molar-refractivity contribution >= 4 is 22.9 Å². The number of hydrogen-bond donors (Lipinski definition) is 0. The highest BCUT2D eigenvalue weighted by Gasteiger charge is 2.31. The van der Waals surface area contributed by atoms with Gasteiger partial charge < -0.3 is 14.4 Å². The number of unbranched alkanes of at least 4 members (excludes halogenated alkanes) is 1.